The van der Waals surface area contributed by atoms with Crippen molar-refractivity contribution in [1.82, 2.24) is 5.32 Å². The van der Waals surface area contributed by atoms with E-state index in [1.807, 2.05) is 0 Å². The molecule has 0 bridgehead atoms. The van der Waals surface area contributed by atoms with Gasteiger partial charge in [0.25, 0.3) is 0 Å². The van der Waals surface area contributed by atoms with Crippen LogP contribution in [0.1, 0.15) is 51.1 Å². The number of nitrogens with one attached hydrogen (secondary N) is 1. The van der Waals surface area contributed by atoms with Crippen molar-refractivity contribution in [3.05, 3.63) is 28.2 Å². The largest absolute Gasteiger partial charge is 0.371 e. The lowest BCUT2D eigenvalue weighted by atomic mass is 10.1. The lowest BCUT2D eigenvalue weighted by Crippen LogP contribution is -2.28. The Morgan fingerprint density at radius 2 is 1.81 bits per heavy atom. The second kappa shape index (κ2) is 6.70. The van der Waals surface area contributed by atoms with Crippen LogP contribution in [0.15, 0.2) is 22.7 Å². The van der Waals surface area contributed by atoms with Gasteiger partial charge in [-0.15, -0.1) is 0 Å². The Morgan fingerprint density at radius 1 is 1.19 bits per heavy atom. The Labute approximate surface area is 137 Å². The summed E-state index contributed by atoms with van der Waals surface area (Å²) >= 11 is 3.78. The normalized spacial score (nSPS) is 19.6. The molecular formula is C18H27BrN2. The van der Waals surface area contributed by atoms with Gasteiger partial charge in [-0.05, 0) is 68.7 Å². The molecule has 1 unspecified atom stereocenters. The van der Waals surface area contributed by atoms with Gasteiger partial charge in [0.05, 0.1) is 0 Å². The number of halogens is 1. The molecule has 0 aromatic heterocycles. The van der Waals surface area contributed by atoms with E-state index in [0.717, 1.165) is 18.4 Å². The van der Waals surface area contributed by atoms with Gasteiger partial charge in [-0.2, -0.15) is 0 Å². The highest BCUT2D eigenvalue weighted by atomic mass is 79.9. The fourth-order valence-electron chi connectivity index (χ4n) is 2.99. The van der Waals surface area contributed by atoms with Crippen LogP contribution in [-0.4, -0.2) is 19.6 Å². The summed E-state index contributed by atoms with van der Waals surface area (Å²) in [5.74, 6) is 1.89. The number of hydrogen-bond acceptors (Lipinski definition) is 2. The molecule has 1 aromatic rings. The Bertz CT molecular complexity index is 466. The topological polar surface area (TPSA) is 15.3 Å². The Hall–Kier alpha value is -0.540. The smallest absolute Gasteiger partial charge is 0.0377 e. The van der Waals surface area contributed by atoms with Gasteiger partial charge >= 0.3 is 0 Å². The zero-order valence-electron chi connectivity index (χ0n) is 13.2. The summed E-state index contributed by atoms with van der Waals surface area (Å²) in [6, 6.07) is 7.34. The van der Waals surface area contributed by atoms with Crippen LogP contribution in [0.25, 0.3) is 0 Å². The molecule has 2 fully saturated rings. The first-order chi connectivity index (χ1) is 10.2. The third-order valence-electron chi connectivity index (χ3n) is 4.68. The van der Waals surface area contributed by atoms with E-state index in [-0.39, 0.29) is 0 Å². The van der Waals surface area contributed by atoms with E-state index in [0.29, 0.717) is 6.04 Å². The average molecular weight is 351 g/mol. The maximum absolute atomic E-state index is 3.78. The number of rotatable bonds is 8. The first-order valence-electron chi connectivity index (χ1n) is 8.45. The minimum Gasteiger partial charge on any atom is -0.371 e. The van der Waals surface area contributed by atoms with Gasteiger partial charge in [-0.25, -0.2) is 0 Å². The standard InChI is InChI=1S/C18H27BrN2/c1-3-20-13(2)17-9-8-16(10-18(17)19)21(11-14-4-5-14)12-15-6-7-15/h8-10,13-15,20H,3-7,11-12H2,1-2H3. The second-order valence-corrected chi connectivity index (χ2v) is 7.63. The van der Waals surface area contributed by atoms with E-state index in [9.17, 15) is 0 Å². The van der Waals surface area contributed by atoms with E-state index in [1.54, 1.807) is 0 Å². The Balaban J connectivity index is 1.73. The average Bonchev–Trinajstić information content (AvgIpc) is 3.33. The van der Waals surface area contributed by atoms with Gasteiger partial charge in [0.2, 0.25) is 0 Å². The van der Waals surface area contributed by atoms with Crippen molar-refractivity contribution in [2.75, 3.05) is 24.5 Å². The molecule has 0 heterocycles. The van der Waals surface area contributed by atoms with Gasteiger partial charge in [-0.3, -0.25) is 0 Å². The van der Waals surface area contributed by atoms with Crippen LogP contribution < -0.4 is 10.2 Å². The predicted molar refractivity (Wildman–Crippen MR) is 93.9 cm³/mol. The quantitative estimate of drug-likeness (QED) is 0.727. The first kappa shape index (κ1) is 15.4. The van der Waals surface area contributed by atoms with Gasteiger partial charge in [0.1, 0.15) is 0 Å². The minimum atomic E-state index is 0.402. The summed E-state index contributed by atoms with van der Waals surface area (Å²) in [7, 11) is 0. The summed E-state index contributed by atoms with van der Waals surface area (Å²) in [6.07, 6.45) is 5.71. The van der Waals surface area contributed by atoms with Crippen molar-refractivity contribution >= 4 is 21.6 Å². The summed E-state index contributed by atoms with van der Waals surface area (Å²) in [5.41, 5.74) is 2.76. The zero-order valence-corrected chi connectivity index (χ0v) is 14.8. The fourth-order valence-corrected chi connectivity index (χ4v) is 3.70. The molecule has 2 saturated carbocycles. The summed E-state index contributed by atoms with van der Waals surface area (Å²) in [6.45, 7) is 7.90. The van der Waals surface area contributed by atoms with Crippen LogP contribution in [0, 0.1) is 11.8 Å². The Kier molecular flexibility index (Phi) is 4.90. The molecule has 0 amide bonds. The SMILES string of the molecule is CCNC(C)c1ccc(N(CC2CC2)CC2CC2)cc1Br. The zero-order chi connectivity index (χ0) is 14.8. The van der Waals surface area contributed by atoms with E-state index in [2.05, 4.69) is 58.2 Å². The third kappa shape index (κ3) is 4.23. The number of hydrogen-bond donors (Lipinski definition) is 1. The number of nitrogens with zero attached hydrogens (tertiary/aromatic N) is 1. The number of benzene rings is 1. The molecule has 1 aromatic carbocycles. The summed E-state index contributed by atoms with van der Waals surface area (Å²) in [4.78, 5) is 2.63. The molecule has 1 atom stereocenters. The van der Waals surface area contributed by atoms with Crippen molar-refractivity contribution in [3.63, 3.8) is 0 Å². The van der Waals surface area contributed by atoms with Gasteiger partial charge in [0, 0.05) is 29.3 Å². The Morgan fingerprint density at radius 3 is 2.29 bits per heavy atom. The van der Waals surface area contributed by atoms with Crippen LogP contribution in [0.4, 0.5) is 5.69 Å². The van der Waals surface area contributed by atoms with Gasteiger partial charge in [0.15, 0.2) is 0 Å². The summed E-state index contributed by atoms with van der Waals surface area (Å²) in [5, 5.41) is 3.49. The third-order valence-corrected chi connectivity index (χ3v) is 5.36. The van der Waals surface area contributed by atoms with E-state index in [4.69, 9.17) is 0 Å². The van der Waals surface area contributed by atoms with Crippen LogP contribution in [0.3, 0.4) is 0 Å². The molecule has 3 heteroatoms. The lowest BCUT2D eigenvalue weighted by Gasteiger charge is -2.26. The summed E-state index contributed by atoms with van der Waals surface area (Å²) < 4.78 is 1.24. The molecule has 21 heavy (non-hydrogen) atoms. The highest BCUT2D eigenvalue weighted by molar-refractivity contribution is 9.10. The molecule has 116 valence electrons. The fraction of sp³-hybridized carbons (Fsp3) is 0.667. The molecule has 0 aliphatic heterocycles. The van der Waals surface area contributed by atoms with E-state index in [1.165, 1.54) is 54.5 Å². The lowest BCUT2D eigenvalue weighted by molar-refractivity contribution is 0.595. The van der Waals surface area contributed by atoms with Crippen LogP contribution in [0.5, 0.6) is 0 Å². The second-order valence-electron chi connectivity index (χ2n) is 6.78. The van der Waals surface area contributed by atoms with Crippen molar-refractivity contribution in [1.29, 1.82) is 0 Å². The molecule has 2 nitrogen and oxygen atoms in total. The molecule has 0 radical (unpaired) electrons. The number of anilines is 1. The van der Waals surface area contributed by atoms with Gasteiger partial charge in [-0.1, -0.05) is 28.9 Å². The maximum Gasteiger partial charge on any atom is 0.0377 e. The van der Waals surface area contributed by atoms with Crippen LogP contribution >= 0.6 is 15.9 Å². The first-order valence-corrected chi connectivity index (χ1v) is 9.24. The highest BCUT2D eigenvalue weighted by Crippen LogP contribution is 2.37. The molecule has 2 aliphatic rings. The van der Waals surface area contributed by atoms with Gasteiger partial charge < -0.3 is 10.2 Å². The van der Waals surface area contributed by atoms with E-state index >= 15 is 0 Å². The van der Waals surface area contributed by atoms with Crippen LogP contribution in [-0.2, 0) is 0 Å². The predicted octanol–water partition coefficient (Wildman–Crippen LogP) is 4.75. The monoisotopic (exact) mass is 350 g/mol. The highest BCUT2D eigenvalue weighted by Gasteiger charge is 2.29. The molecule has 0 saturated heterocycles. The van der Waals surface area contributed by atoms with Crippen molar-refractivity contribution in [3.8, 4) is 0 Å². The minimum absolute atomic E-state index is 0.402. The van der Waals surface area contributed by atoms with Crippen molar-refractivity contribution in [2.45, 2.75) is 45.6 Å². The maximum atomic E-state index is 3.78. The van der Waals surface area contributed by atoms with Crippen molar-refractivity contribution in [2.24, 2.45) is 11.8 Å². The molecule has 2 aliphatic carbocycles. The molecular weight excluding hydrogens is 324 g/mol. The van der Waals surface area contributed by atoms with Crippen LogP contribution in [0.2, 0.25) is 0 Å². The van der Waals surface area contributed by atoms with E-state index < -0.39 is 0 Å². The molecule has 0 spiro atoms. The van der Waals surface area contributed by atoms with Crippen molar-refractivity contribution < 1.29 is 0 Å². The molecule has 3 rings (SSSR count). The molecule has 1 N–H and O–H groups in total.